The van der Waals surface area contributed by atoms with E-state index in [0.29, 0.717) is 22.5 Å². The zero-order valence-corrected chi connectivity index (χ0v) is 12.7. The molecule has 1 amide bonds. The molecule has 1 aliphatic rings. The molecule has 0 aromatic heterocycles. The van der Waals surface area contributed by atoms with E-state index >= 15 is 0 Å². The van der Waals surface area contributed by atoms with Crippen molar-refractivity contribution in [2.45, 2.75) is 31.7 Å². The Balaban J connectivity index is 2.01. The van der Waals surface area contributed by atoms with Crippen LogP contribution in [0.3, 0.4) is 0 Å². The lowest BCUT2D eigenvalue weighted by atomic mass is 10.1. The maximum atomic E-state index is 12.1. The average Bonchev–Trinajstić information content (AvgIpc) is 3.00. The van der Waals surface area contributed by atoms with Crippen molar-refractivity contribution in [3.05, 3.63) is 29.8 Å². The van der Waals surface area contributed by atoms with Crippen LogP contribution >= 0.6 is 11.8 Å². The van der Waals surface area contributed by atoms with Crippen LogP contribution < -0.4 is 10.6 Å². The van der Waals surface area contributed by atoms with Gasteiger partial charge in [-0.2, -0.15) is 5.26 Å². The molecule has 1 saturated carbocycles. The fourth-order valence-corrected chi connectivity index (χ4v) is 2.66. The number of nitrogens with zero attached hydrogens (tertiary/aromatic N) is 2. The fourth-order valence-electron chi connectivity index (χ4n) is 2.32. The van der Waals surface area contributed by atoms with Crippen LogP contribution in [0.1, 0.15) is 36.0 Å². The van der Waals surface area contributed by atoms with Crippen molar-refractivity contribution in [2.24, 2.45) is 4.99 Å². The molecule has 1 fully saturated rings. The number of amides is 1. The summed E-state index contributed by atoms with van der Waals surface area (Å²) in [4.78, 5) is 16.4. The summed E-state index contributed by atoms with van der Waals surface area (Å²) < 4.78 is 0. The van der Waals surface area contributed by atoms with E-state index < -0.39 is 0 Å². The van der Waals surface area contributed by atoms with E-state index in [1.165, 1.54) is 24.6 Å². The molecule has 5 nitrogen and oxygen atoms in total. The van der Waals surface area contributed by atoms with Gasteiger partial charge in [-0.1, -0.05) is 24.6 Å². The summed E-state index contributed by atoms with van der Waals surface area (Å²) >= 11 is 1.36. The Morgan fingerprint density at radius 2 is 2.00 bits per heavy atom. The molecule has 1 aromatic rings. The second-order valence-electron chi connectivity index (χ2n) is 4.86. The normalized spacial score (nSPS) is 15.5. The number of carbonyl (C=O) groups is 1. The van der Waals surface area contributed by atoms with Gasteiger partial charge in [0, 0.05) is 11.6 Å². The van der Waals surface area contributed by atoms with Crippen molar-refractivity contribution in [3.63, 3.8) is 0 Å². The summed E-state index contributed by atoms with van der Waals surface area (Å²) in [6.45, 7) is 0. The van der Waals surface area contributed by atoms with Crippen molar-refractivity contribution in [1.82, 2.24) is 10.6 Å². The summed E-state index contributed by atoms with van der Waals surface area (Å²) in [6.07, 6.45) is 8.22. The smallest absolute Gasteiger partial charge is 0.251 e. The third kappa shape index (κ3) is 4.50. The number of carbonyl (C=O) groups excluding carboxylic acids is 1. The van der Waals surface area contributed by atoms with Gasteiger partial charge < -0.3 is 5.32 Å². The minimum atomic E-state index is -0.0299. The number of benzene rings is 1. The Labute approximate surface area is 128 Å². The van der Waals surface area contributed by atoms with Gasteiger partial charge in [-0.15, -0.1) is 0 Å². The molecular weight excluding hydrogens is 284 g/mol. The van der Waals surface area contributed by atoms with Gasteiger partial charge >= 0.3 is 0 Å². The first-order valence-electron chi connectivity index (χ1n) is 6.91. The van der Waals surface area contributed by atoms with Gasteiger partial charge in [0.2, 0.25) is 0 Å². The number of rotatable bonds is 3. The molecule has 21 heavy (non-hydrogen) atoms. The molecule has 0 atom stereocenters. The van der Waals surface area contributed by atoms with Crippen molar-refractivity contribution in [1.29, 1.82) is 5.26 Å². The lowest BCUT2D eigenvalue weighted by Crippen LogP contribution is -2.32. The first-order chi connectivity index (χ1) is 10.2. The molecule has 1 aliphatic carbocycles. The van der Waals surface area contributed by atoms with E-state index in [2.05, 4.69) is 15.6 Å². The Bertz CT molecular complexity index is 556. The predicted molar refractivity (Wildman–Crippen MR) is 85.5 cm³/mol. The van der Waals surface area contributed by atoms with Gasteiger partial charge in [0.15, 0.2) is 11.4 Å². The second-order valence-corrected chi connectivity index (χ2v) is 5.65. The third-order valence-electron chi connectivity index (χ3n) is 3.41. The quantitative estimate of drug-likeness (QED) is 0.389. The summed E-state index contributed by atoms with van der Waals surface area (Å²) in [7, 11) is 0. The molecule has 0 unspecified atom stereocenters. The zero-order valence-electron chi connectivity index (χ0n) is 11.9. The maximum absolute atomic E-state index is 12.1. The molecule has 6 heteroatoms. The first-order valence-corrected chi connectivity index (χ1v) is 8.14. The minimum Gasteiger partial charge on any atom is -0.349 e. The Morgan fingerprint density at radius 1 is 1.33 bits per heavy atom. The predicted octanol–water partition coefficient (Wildman–Crippen LogP) is 2.78. The van der Waals surface area contributed by atoms with E-state index in [1.807, 2.05) is 12.4 Å². The first kappa shape index (κ1) is 15.4. The average molecular weight is 302 g/mol. The van der Waals surface area contributed by atoms with E-state index in [4.69, 9.17) is 5.26 Å². The number of aliphatic imine (C=N–C) groups is 1. The lowest BCUT2D eigenvalue weighted by molar-refractivity contribution is 0.0938. The summed E-state index contributed by atoms with van der Waals surface area (Å²) in [5, 5.41) is 14.7. The molecule has 110 valence electrons. The number of nitriles is 1. The highest BCUT2D eigenvalue weighted by molar-refractivity contribution is 8.13. The van der Waals surface area contributed by atoms with E-state index in [1.54, 1.807) is 24.3 Å². The van der Waals surface area contributed by atoms with Crippen molar-refractivity contribution in [3.8, 4) is 6.19 Å². The Hall–Kier alpha value is -2.00. The summed E-state index contributed by atoms with van der Waals surface area (Å²) in [6, 6.07) is 7.39. The van der Waals surface area contributed by atoms with Crippen LogP contribution in [0.4, 0.5) is 5.69 Å². The lowest BCUT2D eigenvalue weighted by Gasteiger charge is -2.11. The molecule has 0 aliphatic heterocycles. The molecule has 1 aromatic carbocycles. The highest BCUT2D eigenvalue weighted by Gasteiger charge is 2.17. The minimum absolute atomic E-state index is 0.0299. The number of amidine groups is 1. The van der Waals surface area contributed by atoms with E-state index in [9.17, 15) is 4.79 Å². The molecule has 0 heterocycles. The summed E-state index contributed by atoms with van der Waals surface area (Å²) in [5.41, 5.74) is 1.35. The van der Waals surface area contributed by atoms with Crippen LogP contribution in [0.5, 0.6) is 0 Å². The Kier molecular flexibility index (Phi) is 5.64. The van der Waals surface area contributed by atoms with Gasteiger partial charge in [-0.05, 0) is 43.4 Å². The van der Waals surface area contributed by atoms with Gasteiger partial charge in [0.25, 0.3) is 5.91 Å². The second kappa shape index (κ2) is 7.70. The standard InChI is InChI=1S/C15H18N4OS/c1-21-15(17-10-16)19-13-8-6-11(7-9-13)14(20)18-12-4-2-3-5-12/h6-9,12H,2-5H2,1H3,(H,17,19)(H,18,20). The SMILES string of the molecule is CSC(=Nc1ccc(C(=O)NC2CCCC2)cc1)NC#N. The van der Waals surface area contributed by atoms with Crippen LogP contribution in [0.2, 0.25) is 0 Å². The highest BCUT2D eigenvalue weighted by atomic mass is 32.2. The zero-order chi connectivity index (χ0) is 15.1. The monoisotopic (exact) mass is 302 g/mol. The van der Waals surface area contributed by atoms with Crippen molar-refractivity contribution in [2.75, 3.05) is 6.26 Å². The third-order valence-corrected chi connectivity index (χ3v) is 3.99. The topological polar surface area (TPSA) is 77.3 Å². The molecule has 2 N–H and O–H groups in total. The summed E-state index contributed by atoms with van der Waals surface area (Å²) in [5.74, 6) is -0.0299. The highest BCUT2D eigenvalue weighted by Crippen LogP contribution is 2.19. The van der Waals surface area contributed by atoms with Gasteiger partial charge in [-0.3, -0.25) is 10.1 Å². The van der Waals surface area contributed by atoms with Gasteiger partial charge in [0.05, 0.1) is 5.69 Å². The van der Waals surface area contributed by atoms with Crippen LogP contribution in [0.15, 0.2) is 29.3 Å². The fraction of sp³-hybridized carbons (Fsp3) is 0.400. The molecule has 0 spiro atoms. The Morgan fingerprint density at radius 3 is 2.57 bits per heavy atom. The van der Waals surface area contributed by atoms with Crippen molar-refractivity contribution >= 4 is 28.5 Å². The van der Waals surface area contributed by atoms with Crippen LogP contribution in [-0.4, -0.2) is 23.4 Å². The van der Waals surface area contributed by atoms with E-state index in [-0.39, 0.29) is 5.91 Å². The number of hydrogen-bond acceptors (Lipinski definition) is 4. The van der Waals surface area contributed by atoms with Gasteiger partial charge in [0.1, 0.15) is 0 Å². The number of nitrogens with one attached hydrogen (secondary N) is 2. The molecule has 0 radical (unpaired) electrons. The van der Waals surface area contributed by atoms with Crippen LogP contribution in [-0.2, 0) is 0 Å². The maximum Gasteiger partial charge on any atom is 0.251 e. The largest absolute Gasteiger partial charge is 0.349 e. The molecular formula is C15H18N4OS. The number of hydrogen-bond donors (Lipinski definition) is 2. The van der Waals surface area contributed by atoms with E-state index in [0.717, 1.165) is 12.8 Å². The van der Waals surface area contributed by atoms with Crippen LogP contribution in [0.25, 0.3) is 0 Å². The van der Waals surface area contributed by atoms with Crippen LogP contribution in [0, 0.1) is 11.5 Å². The molecule has 2 rings (SSSR count). The molecule has 0 bridgehead atoms. The molecule has 0 saturated heterocycles. The van der Waals surface area contributed by atoms with Gasteiger partial charge in [-0.25, -0.2) is 4.99 Å². The van der Waals surface area contributed by atoms with Crippen molar-refractivity contribution < 1.29 is 4.79 Å². The number of thioether (sulfide) groups is 1.